The molecule has 9 atom stereocenters. The molecule has 0 aromatic heterocycles. The highest BCUT2D eigenvalue weighted by Gasteiger charge is 2.64. The third-order valence-electron chi connectivity index (χ3n) is 11.8. The molecule has 0 aliphatic carbocycles. The summed E-state index contributed by atoms with van der Waals surface area (Å²) in [6.07, 6.45) is 0.374. The van der Waals surface area contributed by atoms with Gasteiger partial charge in [0.1, 0.15) is 40.7 Å². The summed E-state index contributed by atoms with van der Waals surface area (Å²) in [7, 11) is 3.61. The molecule has 22 heteroatoms. The SMILES string of the molecule is COc1cc2cc(c1Cl)N(C)C(=O)C[C@H](OC(=O)[C@H](C)N(C)C(=O)CCC(C)(C)SSCC[C@@H](C(=O)O)S(=O)(=O)O)[C@]1(C)O[C@H]1[C@H](C)[C@@H]1C[C@@](O)(NC(=O)O1)[C@H](OC)/C=C/C=C(\C)C2. The molecule has 2 fully saturated rings. The van der Waals surface area contributed by atoms with Gasteiger partial charge in [-0.25, -0.2) is 9.59 Å². The lowest BCUT2D eigenvalue weighted by molar-refractivity contribution is -0.162. The Morgan fingerprint density at radius 1 is 1.20 bits per heavy atom. The number of halogens is 1. The molecule has 4 rings (SSSR count). The molecular weight excluding hydrogens is 918 g/mol. The Morgan fingerprint density at radius 2 is 1.88 bits per heavy atom. The number of fused-ring (bicyclic) bond motifs is 5. The zero-order valence-corrected chi connectivity index (χ0v) is 40.8. The van der Waals surface area contributed by atoms with Crippen molar-refractivity contribution in [3.63, 3.8) is 0 Å². The number of nitrogens with zero attached hydrogens (tertiary/aromatic N) is 2. The Balaban J connectivity index is 1.58. The van der Waals surface area contributed by atoms with Gasteiger partial charge >= 0.3 is 18.0 Å². The second-order valence-corrected chi connectivity index (χ2v) is 22.3. The van der Waals surface area contributed by atoms with E-state index < -0.39 is 97.7 Å². The first-order valence-electron chi connectivity index (χ1n) is 20.5. The number of rotatable bonds is 15. The smallest absolute Gasteiger partial charge is 0.409 e. The first kappa shape index (κ1) is 53.0. The van der Waals surface area contributed by atoms with Crippen molar-refractivity contribution >= 4 is 78.8 Å². The molecule has 3 amide bonds. The van der Waals surface area contributed by atoms with Gasteiger partial charge in [0.05, 0.1) is 25.3 Å². The summed E-state index contributed by atoms with van der Waals surface area (Å²) >= 11 is 6.78. The maximum absolute atomic E-state index is 14.3. The fourth-order valence-electron chi connectivity index (χ4n) is 7.60. The van der Waals surface area contributed by atoms with E-state index in [0.29, 0.717) is 24.3 Å². The van der Waals surface area contributed by atoms with Gasteiger partial charge in [-0.1, -0.05) is 63.9 Å². The number of esters is 1. The zero-order valence-electron chi connectivity index (χ0n) is 37.6. The van der Waals surface area contributed by atoms with E-state index >= 15 is 0 Å². The third kappa shape index (κ3) is 13.1. The Kier molecular flexibility index (Phi) is 17.7. The first-order chi connectivity index (χ1) is 29.7. The number of methoxy groups -OCH3 is 2. The largest absolute Gasteiger partial charge is 0.495 e. The number of alkyl carbamates (subject to hydrolysis) is 1. The Labute approximate surface area is 387 Å². The summed E-state index contributed by atoms with van der Waals surface area (Å²) in [5.41, 5.74) is -1.19. The average molecular weight is 979 g/mol. The van der Waals surface area contributed by atoms with Crippen LogP contribution in [0, 0.1) is 5.92 Å². The highest BCUT2D eigenvalue weighted by molar-refractivity contribution is 8.77. The van der Waals surface area contributed by atoms with Crippen LogP contribution in [0.25, 0.3) is 0 Å². The van der Waals surface area contributed by atoms with Crippen molar-refractivity contribution in [2.75, 3.05) is 39.0 Å². The van der Waals surface area contributed by atoms with Gasteiger partial charge in [-0.2, -0.15) is 8.42 Å². The minimum atomic E-state index is -4.77. The van der Waals surface area contributed by atoms with Crippen molar-refractivity contribution in [2.24, 2.45) is 5.92 Å². The Bertz CT molecular complexity index is 2100. The average Bonchev–Trinajstić information content (AvgIpc) is 3.91. The van der Waals surface area contributed by atoms with Gasteiger partial charge in [-0.3, -0.25) is 24.3 Å². The van der Waals surface area contributed by atoms with Crippen LogP contribution in [0.5, 0.6) is 5.75 Å². The maximum Gasteiger partial charge on any atom is 0.409 e. The number of carbonyl (C=O) groups is 5. The molecule has 0 spiro atoms. The number of ether oxygens (including phenoxy) is 5. The lowest BCUT2D eigenvalue weighted by Crippen LogP contribution is -2.63. The second-order valence-electron chi connectivity index (χ2n) is 17.2. The number of carbonyl (C=O) groups excluding carboxylic acids is 4. The standard InChI is InChI=1S/C42H60ClN3O15S3/c1-23-12-11-13-31(58-10)42(53)22-29(59-39(52)44-42)24(2)36-41(6,61-36)32(21-34(48)46(8)27-19-26(18-23)20-28(57-9)35(27)43)60-38(51)25(3)45(7)33(47)14-16-40(4,5)63-62-17-15-30(37(49)50)64(54,55)56/h11-13,19-20,24-25,29-32,36,53H,14-18,21-22H2,1-10H3,(H,44,52)(H,49,50)(H,54,55,56)/b13-11+,23-12+/t24-,25+,29+,30+,31-,32+,36+,41+,42+/m1/s1. The number of hydrogen-bond acceptors (Lipinski definition) is 15. The van der Waals surface area contributed by atoms with Crippen molar-refractivity contribution in [1.29, 1.82) is 0 Å². The summed E-state index contributed by atoms with van der Waals surface area (Å²) in [4.78, 5) is 68.5. The molecule has 358 valence electrons. The lowest BCUT2D eigenvalue weighted by atomic mass is 9.83. The molecule has 3 aliphatic heterocycles. The predicted octanol–water partition coefficient (Wildman–Crippen LogP) is 5.19. The van der Waals surface area contributed by atoms with Gasteiger partial charge < -0.3 is 43.7 Å². The van der Waals surface area contributed by atoms with Gasteiger partial charge in [0.25, 0.3) is 10.1 Å². The molecule has 2 saturated heterocycles. The lowest BCUT2D eigenvalue weighted by Gasteiger charge is -2.42. The summed E-state index contributed by atoms with van der Waals surface area (Å²) < 4.78 is 60.8. The molecule has 1 aromatic carbocycles. The zero-order chi connectivity index (χ0) is 48.1. The molecule has 18 nitrogen and oxygen atoms in total. The highest BCUT2D eigenvalue weighted by atomic mass is 35.5. The second kappa shape index (κ2) is 21.4. The van der Waals surface area contributed by atoms with E-state index in [2.05, 4.69) is 5.32 Å². The van der Waals surface area contributed by atoms with Gasteiger partial charge in [0.15, 0.2) is 11.0 Å². The molecule has 0 unspecified atom stereocenters. The number of epoxide rings is 1. The summed E-state index contributed by atoms with van der Waals surface area (Å²) in [6.45, 7) is 10.5. The molecule has 0 saturated carbocycles. The molecule has 3 aliphatic rings. The van der Waals surface area contributed by atoms with E-state index in [1.807, 2.05) is 26.8 Å². The number of benzene rings is 1. The number of amides is 3. The van der Waals surface area contributed by atoms with Crippen LogP contribution in [0.3, 0.4) is 0 Å². The van der Waals surface area contributed by atoms with Crippen LogP contribution in [0.15, 0.2) is 35.9 Å². The van der Waals surface area contributed by atoms with Crippen molar-refractivity contribution < 1.29 is 70.8 Å². The van der Waals surface area contributed by atoms with Crippen LogP contribution in [-0.4, -0.2) is 144 Å². The summed E-state index contributed by atoms with van der Waals surface area (Å²) in [5.74, 6) is -3.53. The van der Waals surface area contributed by atoms with E-state index in [4.69, 9.17) is 40.4 Å². The van der Waals surface area contributed by atoms with Gasteiger partial charge in [0, 0.05) is 50.5 Å². The normalized spacial score (nSPS) is 28.9. The van der Waals surface area contributed by atoms with E-state index in [0.717, 1.165) is 11.1 Å². The van der Waals surface area contributed by atoms with E-state index in [1.54, 1.807) is 38.1 Å². The number of carboxylic acids is 1. The van der Waals surface area contributed by atoms with Crippen LogP contribution in [0.2, 0.25) is 5.02 Å². The van der Waals surface area contributed by atoms with Crippen molar-refractivity contribution in [3.05, 3.63) is 46.5 Å². The third-order valence-corrected chi connectivity index (χ3v) is 16.8. The first-order valence-corrected chi connectivity index (χ1v) is 24.7. The molecule has 0 radical (unpaired) electrons. The van der Waals surface area contributed by atoms with Gasteiger partial charge in [-0.15, -0.1) is 0 Å². The number of hydrogen-bond donors (Lipinski definition) is 4. The number of likely N-dealkylation sites (N-methyl/N-ethyl adjacent to an activating group) is 1. The Hall–Kier alpha value is -3.57. The molecule has 3 heterocycles. The van der Waals surface area contributed by atoms with Gasteiger partial charge in [0.2, 0.25) is 11.8 Å². The number of nitrogens with one attached hydrogen (secondary N) is 1. The van der Waals surface area contributed by atoms with Crippen LogP contribution >= 0.6 is 33.2 Å². The molecule has 1 aromatic rings. The molecule has 64 heavy (non-hydrogen) atoms. The number of aliphatic hydroxyl groups is 1. The van der Waals surface area contributed by atoms with Crippen molar-refractivity contribution in [1.82, 2.24) is 10.2 Å². The number of anilines is 1. The van der Waals surface area contributed by atoms with Crippen LogP contribution < -0.4 is 15.0 Å². The Morgan fingerprint density at radius 3 is 2.48 bits per heavy atom. The van der Waals surface area contributed by atoms with E-state index in [1.165, 1.54) is 66.6 Å². The number of aliphatic carboxylic acids is 1. The molecular formula is C42H60ClN3O15S3. The maximum atomic E-state index is 14.3. The highest BCUT2D eigenvalue weighted by Crippen LogP contribution is 2.49. The fourth-order valence-corrected chi connectivity index (χ4v) is 11.4. The minimum Gasteiger partial charge on any atom is -0.495 e. The van der Waals surface area contributed by atoms with Gasteiger partial charge in [-0.05, 0) is 71.6 Å². The summed E-state index contributed by atoms with van der Waals surface area (Å²) in [5, 5.41) is 21.7. The fraction of sp³-hybridized carbons (Fsp3) is 0.643. The van der Waals surface area contributed by atoms with E-state index in [-0.39, 0.29) is 36.5 Å². The van der Waals surface area contributed by atoms with E-state index in [9.17, 15) is 42.0 Å². The predicted molar refractivity (Wildman–Crippen MR) is 242 cm³/mol. The monoisotopic (exact) mass is 977 g/mol. The number of carboxylic acid groups (broad SMARTS) is 1. The van der Waals surface area contributed by atoms with Crippen LogP contribution in [0.4, 0.5) is 10.5 Å². The van der Waals surface area contributed by atoms with Crippen LogP contribution in [0.1, 0.15) is 79.2 Å². The quantitative estimate of drug-likeness (QED) is 0.0581. The summed E-state index contributed by atoms with van der Waals surface area (Å²) in [6, 6.07) is 2.39. The van der Waals surface area contributed by atoms with Crippen molar-refractivity contribution in [3.8, 4) is 5.75 Å². The molecule has 4 bridgehead atoms. The van der Waals surface area contributed by atoms with Crippen molar-refractivity contribution in [2.45, 2.75) is 132 Å². The topological polar surface area (TPSA) is 248 Å². The molecule has 4 N–H and O–H groups in total. The minimum absolute atomic E-state index is 0.00418. The van der Waals surface area contributed by atoms with Crippen LogP contribution in [-0.2, 0) is 54.7 Å². The number of allylic oxidation sites excluding steroid dienone is 3.